The molecule has 174 valence electrons. The van der Waals surface area contributed by atoms with E-state index in [1.54, 1.807) is 0 Å². The number of carbonyl (C=O) groups is 1. The van der Waals surface area contributed by atoms with Gasteiger partial charge in [-0.25, -0.2) is 4.79 Å². The largest absolute Gasteiger partial charge is 0.444 e. The van der Waals surface area contributed by atoms with Crippen LogP contribution in [0.15, 0.2) is 17.1 Å². The first-order valence-corrected chi connectivity index (χ1v) is 11.2. The van der Waals surface area contributed by atoms with Crippen LogP contribution in [0.4, 0.5) is 4.79 Å². The van der Waals surface area contributed by atoms with Crippen LogP contribution in [-0.4, -0.2) is 78.3 Å². The Labute approximate surface area is 200 Å². The first-order valence-electron chi connectivity index (χ1n) is 11.2. The molecule has 0 spiro atoms. The van der Waals surface area contributed by atoms with Crippen LogP contribution in [0.5, 0.6) is 0 Å². The lowest BCUT2D eigenvalue weighted by Gasteiger charge is -2.33. The molecule has 2 aliphatic rings. The number of hydrogen-bond acceptors (Lipinski definition) is 4. The molecule has 2 N–H and O–H groups in total. The molecule has 0 radical (unpaired) electrons. The van der Waals surface area contributed by atoms with Crippen molar-refractivity contribution in [2.75, 3.05) is 39.3 Å². The van der Waals surface area contributed by atoms with E-state index in [1.807, 2.05) is 20.8 Å². The summed E-state index contributed by atoms with van der Waals surface area (Å²) >= 11 is 0. The Morgan fingerprint density at radius 3 is 2.33 bits per heavy atom. The van der Waals surface area contributed by atoms with Gasteiger partial charge in [0, 0.05) is 38.8 Å². The Morgan fingerprint density at radius 1 is 1.17 bits per heavy atom. The second-order valence-corrected chi connectivity index (χ2v) is 9.10. The average Bonchev–Trinajstić information content (AvgIpc) is 3.33. The van der Waals surface area contributed by atoms with Crippen molar-refractivity contribution in [3.8, 4) is 0 Å². The van der Waals surface area contributed by atoms with Crippen LogP contribution >= 0.6 is 24.0 Å². The van der Waals surface area contributed by atoms with Crippen molar-refractivity contribution in [2.45, 2.75) is 78.0 Å². The minimum Gasteiger partial charge on any atom is -0.444 e. The molecular formula is C22H42IN5O2. The summed E-state index contributed by atoms with van der Waals surface area (Å²) in [4.78, 5) is 22.2. The van der Waals surface area contributed by atoms with Gasteiger partial charge in [-0.1, -0.05) is 26.0 Å². The van der Waals surface area contributed by atoms with Gasteiger partial charge in [0.2, 0.25) is 0 Å². The third kappa shape index (κ3) is 7.90. The molecule has 0 aromatic carbocycles. The molecule has 7 nitrogen and oxygen atoms in total. The Hall–Kier alpha value is -1.03. The van der Waals surface area contributed by atoms with Crippen LogP contribution in [0.3, 0.4) is 0 Å². The summed E-state index contributed by atoms with van der Waals surface area (Å²) in [6, 6.07) is 0.579. The molecule has 30 heavy (non-hydrogen) atoms. The molecule has 1 amide bonds. The molecule has 0 bridgehead atoms. The third-order valence-corrected chi connectivity index (χ3v) is 5.81. The van der Waals surface area contributed by atoms with Crippen LogP contribution in [0.25, 0.3) is 0 Å². The highest BCUT2D eigenvalue weighted by Gasteiger charge is 2.32. The van der Waals surface area contributed by atoms with E-state index in [4.69, 9.17) is 9.73 Å². The Bertz CT molecular complexity index is 591. The monoisotopic (exact) mass is 535 g/mol. The molecule has 1 fully saturated rings. The second kappa shape index (κ2) is 12.1. The quantitative estimate of drug-likeness (QED) is 0.226. The van der Waals surface area contributed by atoms with Crippen molar-refractivity contribution in [2.24, 2.45) is 4.99 Å². The number of amides is 1. The van der Waals surface area contributed by atoms with Gasteiger partial charge in [0.05, 0.1) is 12.1 Å². The Morgan fingerprint density at radius 2 is 1.80 bits per heavy atom. The van der Waals surface area contributed by atoms with Gasteiger partial charge in [-0.2, -0.15) is 0 Å². The van der Waals surface area contributed by atoms with E-state index in [-0.39, 0.29) is 30.1 Å². The summed E-state index contributed by atoms with van der Waals surface area (Å²) in [7, 11) is 0. The smallest absolute Gasteiger partial charge is 0.408 e. The highest BCUT2D eigenvalue weighted by molar-refractivity contribution is 14.0. The number of nitrogens with zero attached hydrogens (tertiary/aromatic N) is 3. The van der Waals surface area contributed by atoms with Gasteiger partial charge in [-0.05, 0) is 47.0 Å². The average molecular weight is 536 g/mol. The molecule has 1 saturated heterocycles. The fourth-order valence-corrected chi connectivity index (χ4v) is 3.89. The molecule has 0 aromatic rings. The van der Waals surface area contributed by atoms with E-state index >= 15 is 0 Å². The van der Waals surface area contributed by atoms with Crippen LogP contribution in [0.1, 0.15) is 60.8 Å². The van der Waals surface area contributed by atoms with Crippen LogP contribution in [0, 0.1) is 0 Å². The van der Waals surface area contributed by atoms with Gasteiger partial charge in [0.15, 0.2) is 5.96 Å². The number of guanidine groups is 1. The fraction of sp³-hybridized carbons (Fsp3) is 0.818. The maximum Gasteiger partial charge on any atom is 0.408 e. The zero-order valence-corrected chi connectivity index (χ0v) is 22.0. The third-order valence-electron chi connectivity index (χ3n) is 5.81. The van der Waals surface area contributed by atoms with Crippen molar-refractivity contribution in [1.29, 1.82) is 0 Å². The molecule has 0 aliphatic carbocycles. The Kier molecular flexibility index (Phi) is 10.9. The molecule has 0 saturated carbocycles. The van der Waals surface area contributed by atoms with Crippen LogP contribution in [-0.2, 0) is 4.74 Å². The number of halogens is 1. The maximum absolute atomic E-state index is 12.4. The lowest BCUT2D eigenvalue weighted by Crippen LogP contribution is -2.52. The van der Waals surface area contributed by atoms with Gasteiger partial charge < -0.3 is 20.3 Å². The summed E-state index contributed by atoms with van der Waals surface area (Å²) < 4.78 is 5.49. The number of rotatable bonds is 7. The number of alkyl carbamates (subject to hydrolysis) is 1. The molecule has 8 heteroatoms. The normalized spacial score (nSPS) is 20.3. The fourth-order valence-electron chi connectivity index (χ4n) is 3.89. The lowest BCUT2D eigenvalue weighted by molar-refractivity contribution is 0.0451. The number of aliphatic imine (C=N–C) groups is 1. The molecule has 1 atom stereocenters. The first kappa shape index (κ1) is 27.0. The highest BCUT2D eigenvalue weighted by atomic mass is 127. The van der Waals surface area contributed by atoms with Gasteiger partial charge in [0.25, 0.3) is 0 Å². The SMILES string of the molecule is CCNC(=NCC(CC)(CC)NC(=O)OC(C)(C)C)N1CCC(N2CC=CC2)C1.I. The molecule has 2 aliphatic heterocycles. The summed E-state index contributed by atoms with van der Waals surface area (Å²) in [5, 5.41) is 6.54. The maximum atomic E-state index is 12.4. The number of hydrogen-bond donors (Lipinski definition) is 2. The van der Waals surface area contributed by atoms with Gasteiger partial charge in [0.1, 0.15) is 5.60 Å². The van der Waals surface area contributed by atoms with E-state index < -0.39 is 11.1 Å². The van der Waals surface area contributed by atoms with E-state index in [0.717, 1.165) is 57.9 Å². The molecule has 2 heterocycles. The van der Waals surface area contributed by atoms with Crippen molar-refractivity contribution in [3.63, 3.8) is 0 Å². The van der Waals surface area contributed by atoms with Crippen molar-refractivity contribution in [1.82, 2.24) is 20.4 Å². The van der Waals surface area contributed by atoms with E-state index in [9.17, 15) is 4.79 Å². The van der Waals surface area contributed by atoms with Crippen LogP contribution in [0.2, 0.25) is 0 Å². The van der Waals surface area contributed by atoms with E-state index in [0.29, 0.717) is 12.6 Å². The second-order valence-electron chi connectivity index (χ2n) is 9.10. The van der Waals surface area contributed by atoms with E-state index in [2.05, 4.69) is 53.4 Å². The van der Waals surface area contributed by atoms with Crippen molar-refractivity contribution >= 4 is 36.0 Å². The van der Waals surface area contributed by atoms with Gasteiger partial charge in [-0.3, -0.25) is 9.89 Å². The minimum absolute atomic E-state index is 0. The van der Waals surface area contributed by atoms with Crippen molar-refractivity contribution in [3.05, 3.63) is 12.2 Å². The van der Waals surface area contributed by atoms with Gasteiger partial charge in [-0.15, -0.1) is 24.0 Å². The first-order chi connectivity index (χ1) is 13.7. The predicted molar refractivity (Wildman–Crippen MR) is 135 cm³/mol. The standard InChI is InChI=1S/C22H41N5O2.HI/c1-7-22(8-2,25-20(28)29-21(4,5)6)17-24-19(23-9-3)27-15-12-18(16-27)26-13-10-11-14-26;/h10-11,18H,7-9,12-17H2,1-6H3,(H,23,24)(H,25,28);1H. The summed E-state index contributed by atoms with van der Waals surface area (Å²) in [6.45, 7) is 17.4. The summed E-state index contributed by atoms with van der Waals surface area (Å²) in [5.74, 6) is 0.944. The number of carbonyl (C=O) groups excluding carboxylic acids is 1. The molecule has 0 aromatic heterocycles. The number of ether oxygens (including phenoxy) is 1. The Balaban J connectivity index is 0.00000450. The highest BCUT2D eigenvalue weighted by Crippen LogP contribution is 2.20. The number of likely N-dealkylation sites (tertiary alicyclic amines) is 1. The zero-order valence-electron chi connectivity index (χ0n) is 19.7. The predicted octanol–water partition coefficient (Wildman–Crippen LogP) is 3.60. The van der Waals surface area contributed by atoms with Crippen molar-refractivity contribution < 1.29 is 9.53 Å². The minimum atomic E-state index is -0.509. The number of nitrogens with one attached hydrogen (secondary N) is 2. The molecule has 2 rings (SSSR count). The molecule has 1 unspecified atom stereocenters. The summed E-state index contributed by atoms with van der Waals surface area (Å²) in [6.07, 6.45) is 6.89. The summed E-state index contributed by atoms with van der Waals surface area (Å²) in [5.41, 5.74) is -0.911. The topological polar surface area (TPSA) is 69.2 Å². The zero-order chi connectivity index (χ0) is 21.5. The van der Waals surface area contributed by atoms with Gasteiger partial charge >= 0.3 is 6.09 Å². The van der Waals surface area contributed by atoms with Crippen LogP contribution < -0.4 is 10.6 Å². The lowest BCUT2D eigenvalue weighted by atomic mass is 9.93. The van der Waals surface area contributed by atoms with E-state index in [1.165, 1.54) is 0 Å². The molecular weight excluding hydrogens is 493 g/mol.